The van der Waals surface area contributed by atoms with Crippen molar-refractivity contribution in [3.63, 3.8) is 0 Å². The predicted molar refractivity (Wildman–Crippen MR) is 102 cm³/mol. The number of carbonyl (C=O) groups excluding carboxylic acids is 1. The van der Waals surface area contributed by atoms with Crippen LogP contribution in [0.15, 0.2) is 24.3 Å². The van der Waals surface area contributed by atoms with Gasteiger partial charge in [0.1, 0.15) is 12.4 Å². The summed E-state index contributed by atoms with van der Waals surface area (Å²) in [6.45, 7) is 12.1. The van der Waals surface area contributed by atoms with Gasteiger partial charge in [0.25, 0.3) is 0 Å². The maximum absolute atomic E-state index is 12.1. The number of rotatable bonds is 8. The normalized spacial score (nSPS) is 17.5. The number of nitrogens with zero attached hydrogens (tertiary/aromatic N) is 2. The quantitative estimate of drug-likeness (QED) is 0.766. The molecule has 5 nitrogen and oxygen atoms in total. The lowest BCUT2D eigenvalue weighted by Crippen LogP contribution is -2.51. The van der Waals surface area contributed by atoms with E-state index in [4.69, 9.17) is 16.3 Å². The number of benzene rings is 1. The molecule has 0 bridgehead atoms. The first-order chi connectivity index (χ1) is 11.9. The molecule has 1 unspecified atom stereocenters. The van der Waals surface area contributed by atoms with Gasteiger partial charge in [-0.2, -0.15) is 0 Å². The van der Waals surface area contributed by atoms with E-state index in [2.05, 4.69) is 35.9 Å². The summed E-state index contributed by atoms with van der Waals surface area (Å²) in [5, 5.41) is 3.79. The number of amides is 1. The van der Waals surface area contributed by atoms with Crippen molar-refractivity contribution >= 4 is 17.5 Å². The van der Waals surface area contributed by atoms with Crippen LogP contribution in [0.5, 0.6) is 5.75 Å². The van der Waals surface area contributed by atoms with E-state index < -0.39 is 0 Å². The highest BCUT2D eigenvalue weighted by Gasteiger charge is 2.20. The van der Waals surface area contributed by atoms with Crippen LogP contribution in [0.1, 0.15) is 20.8 Å². The van der Waals surface area contributed by atoms with E-state index >= 15 is 0 Å². The molecule has 0 radical (unpaired) electrons. The zero-order chi connectivity index (χ0) is 18.2. The van der Waals surface area contributed by atoms with Gasteiger partial charge < -0.3 is 10.1 Å². The summed E-state index contributed by atoms with van der Waals surface area (Å²) < 4.78 is 5.74. The summed E-state index contributed by atoms with van der Waals surface area (Å²) in [6.07, 6.45) is 0. The van der Waals surface area contributed by atoms with Crippen LogP contribution in [0.2, 0.25) is 5.02 Å². The number of nitrogens with one attached hydrogen (secondary N) is 1. The molecule has 1 amide bonds. The largest absolute Gasteiger partial charge is 0.492 e. The third kappa shape index (κ3) is 7.22. The van der Waals surface area contributed by atoms with Crippen LogP contribution in [-0.2, 0) is 4.79 Å². The lowest BCUT2D eigenvalue weighted by atomic mass is 10.1. The summed E-state index contributed by atoms with van der Waals surface area (Å²) in [7, 11) is 0. The molecular weight excluding hydrogens is 338 g/mol. The topological polar surface area (TPSA) is 44.8 Å². The molecule has 1 aromatic rings. The van der Waals surface area contributed by atoms with E-state index in [1.165, 1.54) is 0 Å². The molecule has 0 aliphatic carbocycles. The molecular formula is C19H30ClN3O2. The summed E-state index contributed by atoms with van der Waals surface area (Å²) in [5.41, 5.74) is 0. The van der Waals surface area contributed by atoms with Gasteiger partial charge in [-0.1, -0.05) is 25.4 Å². The fraction of sp³-hybridized carbons (Fsp3) is 0.632. The molecule has 1 N–H and O–H groups in total. The number of ether oxygens (including phenoxy) is 1. The number of halogens is 1. The molecule has 1 atom stereocenters. The standard InChI is InChI=1S/C19H30ClN3O2/c1-15(2)16(3)21-19(24)14-23-10-8-22(9-11-23)12-13-25-18-6-4-17(20)5-7-18/h4-7,15-16H,8-14H2,1-3H3,(H,21,24). The van der Waals surface area contributed by atoms with Gasteiger partial charge in [-0.15, -0.1) is 0 Å². The smallest absolute Gasteiger partial charge is 0.234 e. The van der Waals surface area contributed by atoms with Gasteiger partial charge in [-0.05, 0) is 37.1 Å². The van der Waals surface area contributed by atoms with E-state index in [1.807, 2.05) is 24.3 Å². The Hall–Kier alpha value is -1.30. The summed E-state index contributed by atoms with van der Waals surface area (Å²) >= 11 is 5.86. The molecule has 2 rings (SSSR count). The summed E-state index contributed by atoms with van der Waals surface area (Å²) in [4.78, 5) is 16.7. The Balaban J connectivity index is 1.61. The molecule has 6 heteroatoms. The van der Waals surface area contributed by atoms with Crippen molar-refractivity contribution in [2.75, 3.05) is 45.9 Å². The van der Waals surface area contributed by atoms with E-state index in [0.717, 1.165) is 43.5 Å². The highest BCUT2D eigenvalue weighted by atomic mass is 35.5. The van der Waals surface area contributed by atoms with Gasteiger partial charge in [-0.3, -0.25) is 14.6 Å². The molecule has 1 aromatic carbocycles. The summed E-state index contributed by atoms with van der Waals surface area (Å²) in [5.74, 6) is 1.43. The van der Waals surface area contributed by atoms with Crippen LogP contribution in [0.25, 0.3) is 0 Å². The minimum Gasteiger partial charge on any atom is -0.492 e. The Bertz CT molecular complexity index is 528. The van der Waals surface area contributed by atoms with E-state index in [0.29, 0.717) is 19.1 Å². The van der Waals surface area contributed by atoms with Crippen LogP contribution in [-0.4, -0.2) is 67.6 Å². The molecule has 1 aliphatic rings. The third-order valence-electron chi connectivity index (χ3n) is 4.71. The minimum atomic E-state index is 0.126. The van der Waals surface area contributed by atoms with Crippen molar-refractivity contribution in [2.45, 2.75) is 26.8 Å². The predicted octanol–water partition coefficient (Wildman–Crippen LogP) is 2.50. The van der Waals surface area contributed by atoms with Crippen molar-refractivity contribution < 1.29 is 9.53 Å². The van der Waals surface area contributed by atoms with Crippen molar-refractivity contribution in [3.05, 3.63) is 29.3 Å². The van der Waals surface area contributed by atoms with E-state index in [-0.39, 0.29) is 11.9 Å². The number of piperazine rings is 1. The zero-order valence-electron chi connectivity index (χ0n) is 15.5. The SMILES string of the molecule is CC(C)C(C)NC(=O)CN1CCN(CCOc2ccc(Cl)cc2)CC1. The average Bonchev–Trinajstić information content (AvgIpc) is 2.58. The van der Waals surface area contributed by atoms with Gasteiger partial charge in [0.05, 0.1) is 6.54 Å². The first kappa shape index (κ1) is 20.0. The Labute approximate surface area is 156 Å². The molecule has 140 valence electrons. The van der Waals surface area contributed by atoms with Crippen molar-refractivity contribution in [1.29, 1.82) is 0 Å². The average molecular weight is 368 g/mol. The number of hydrogen-bond donors (Lipinski definition) is 1. The fourth-order valence-electron chi connectivity index (χ4n) is 2.66. The maximum atomic E-state index is 12.1. The highest BCUT2D eigenvalue weighted by molar-refractivity contribution is 6.30. The van der Waals surface area contributed by atoms with Crippen molar-refractivity contribution in [3.8, 4) is 5.75 Å². The van der Waals surface area contributed by atoms with Crippen molar-refractivity contribution in [2.24, 2.45) is 5.92 Å². The van der Waals surface area contributed by atoms with Crippen LogP contribution in [0, 0.1) is 5.92 Å². The lowest BCUT2D eigenvalue weighted by molar-refractivity contribution is -0.123. The third-order valence-corrected chi connectivity index (χ3v) is 4.96. The van der Waals surface area contributed by atoms with Gasteiger partial charge in [0.15, 0.2) is 0 Å². The molecule has 1 heterocycles. The molecule has 0 saturated carbocycles. The fourth-order valence-corrected chi connectivity index (χ4v) is 2.79. The first-order valence-corrected chi connectivity index (χ1v) is 9.44. The van der Waals surface area contributed by atoms with E-state index in [9.17, 15) is 4.79 Å². The summed E-state index contributed by atoms with van der Waals surface area (Å²) in [6, 6.07) is 7.66. The Morgan fingerprint density at radius 1 is 1.12 bits per heavy atom. The van der Waals surface area contributed by atoms with Crippen LogP contribution < -0.4 is 10.1 Å². The Kier molecular flexibility index (Phi) is 8.00. The molecule has 0 aromatic heterocycles. The second-order valence-electron chi connectivity index (χ2n) is 7.02. The van der Waals surface area contributed by atoms with Crippen LogP contribution >= 0.6 is 11.6 Å². The van der Waals surface area contributed by atoms with Crippen LogP contribution in [0.3, 0.4) is 0 Å². The van der Waals surface area contributed by atoms with Gasteiger partial charge in [0.2, 0.25) is 5.91 Å². The molecule has 0 spiro atoms. The Morgan fingerprint density at radius 3 is 2.32 bits per heavy atom. The number of carbonyl (C=O) groups is 1. The minimum absolute atomic E-state index is 0.126. The molecule has 25 heavy (non-hydrogen) atoms. The second-order valence-corrected chi connectivity index (χ2v) is 7.46. The van der Waals surface area contributed by atoms with Crippen molar-refractivity contribution in [1.82, 2.24) is 15.1 Å². The molecule has 1 saturated heterocycles. The first-order valence-electron chi connectivity index (χ1n) is 9.06. The van der Waals surface area contributed by atoms with Gasteiger partial charge in [0, 0.05) is 43.8 Å². The Morgan fingerprint density at radius 2 is 1.72 bits per heavy atom. The second kappa shape index (κ2) is 10.00. The van der Waals surface area contributed by atoms with E-state index in [1.54, 1.807) is 0 Å². The van der Waals surface area contributed by atoms with Gasteiger partial charge >= 0.3 is 0 Å². The maximum Gasteiger partial charge on any atom is 0.234 e. The lowest BCUT2D eigenvalue weighted by Gasteiger charge is -2.34. The molecule has 1 aliphatic heterocycles. The monoisotopic (exact) mass is 367 g/mol. The highest BCUT2D eigenvalue weighted by Crippen LogP contribution is 2.15. The zero-order valence-corrected chi connectivity index (χ0v) is 16.3. The molecule has 1 fully saturated rings. The van der Waals surface area contributed by atoms with Crippen LogP contribution in [0.4, 0.5) is 0 Å². The van der Waals surface area contributed by atoms with Gasteiger partial charge in [-0.25, -0.2) is 0 Å². The number of hydrogen-bond acceptors (Lipinski definition) is 4.